The maximum atomic E-state index is 11.3. The van der Waals surface area contributed by atoms with Gasteiger partial charge in [-0.2, -0.15) is 0 Å². The lowest BCUT2D eigenvalue weighted by Crippen LogP contribution is -2.54. The highest BCUT2D eigenvalue weighted by Crippen LogP contribution is 2.51. The van der Waals surface area contributed by atoms with E-state index in [-0.39, 0.29) is 0 Å². The maximum absolute atomic E-state index is 11.3. The Morgan fingerprint density at radius 1 is 1.47 bits per heavy atom. The molecule has 2 heterocycles. The van der Waals surface area contributed by atoms with Gasteiger partial charge in [-0.3, -0.25) is 4.79 Å². The van der Waals surface area contributed by atoms with E-state index in [0.717, 1.165) is 0 Å². The molecule has 0 saturated carbocycles. The molecule has 0 radical (unpaired) electrons. The Morgan fingerprint density at radius 2 is 2.07 bits per heavy atom. The number of hydrogen-bond donors (Lipinski definition) is 1. The van der Waals surface area contributed by atoms with Crippen LogP contribution < -0.4 is 0 Å². The summed E-state index contributed by atoms with van der Waals surface area (Å²) in [6, 6.07) is 0. The minimum Gasteiger partial charge on any atom is -0.481 e. The van der Waals surface area contributed by atoms with Gasteiger partial charge in [-0.1, -0.05) is 12.2 Å². The molecule has 2 aliphatic rings. The molecule has 0 unspecified atom stereocenters. The van der Waals surface area contributed by atoms with Crippen molar-refractivity contribution in [3.63, 3.8) is 0 Å². The zero-order chi connectivity index (χ0) is 11.3. The highest BCUT2D eigenvalue weighted by atomic mass is 16.7. The zero-order valence-corrected chi connectivity index (χ0v) is 8.89. The van der Waals surface area contributed by atoms with Gasteiger partial charge in [0.2, 0.25) is 5.79 Å². The Hall–Kier alpha value is -0.910. The van der Waals surface area contributed by atoms with Gasteiger partial charge in [0.25, 0.3) is 0 Å². The van der Waals surface area contributed by atoms with Gasteiger partial charge in [0, 0.05) is 14.2 Å². The SMILES string of the molecule is COC1(OC)[C@@H](C(=O)O)[C@@]2(C)C=C[C@H]1O2. The largest absolute Gasteiger partial charge is 0.481 e. The fourth-order valence-corrected chi connectivity index (χ4v) is 2.54. The Morgan fingerprint density at radius 3 is 2.47 bits per heavy atom. The van der Waals surface area contributed by atoms with E-state index in [1.165, 1.54) is 14.2 Å². The molecule has 1 fully saturated rings. The van der Waals surface area contributed by atoms with Gasteiger partial charge in [-0.25, -0.2) is 0 Å². The second-order valence-electron chi connectivity index (χ2n) is 3.98. The summed E-state index contributed by atoms with van der Waals surface area (Å²) in [6.07, 6.45) is 3.08. The topological polar surface area (TPSA) is 65.0 Å². The van der Waals surface area contributed by atoms with Crippen LogP contribution in [0.1, 0.15) is 6.92 Å². The van der Waals surface area contributed by atoms with Crippen molar-refractivity contribution in [1.29, 1.82) is 0 Å². The Bertz CT molecular complexity index is 320. The van der Waals surface area contributed by atoms with Crippen LogP contribution in [0.2, 0.25) is 0 Å². The van der Waals surface area contributed by atoms with Crippen LogP contribution in [0, 0.1) is 5.92 Å². The van der Waals surface area contributed by atoms with Crippen molar-refractivity contribution in [2.75, 3.05) is 14.2 Å². The molecule has 5 heteroatoms. The molecule has 0 aliphatic carbocycles. The highest BCUT2D eigenvalue weighted by Gasteiger charge is 2.68. The number of ether oxygens (including phenoxy) is 3. The number of carbonyl (C=O) groups is 1. The predicted molar refractivity (Wildman–Crippen MR) is 50.3 cm³/mol. The summed E-state index contributed by atoms with van der Waals surface area (Å²) in [7, 11) is 2.86. The monoisotopic (exact) mass is 214 g/mol. The summed E-state index contributed by atoms with van der Waals surface area (Å²) in [6.45, 7) is 1.72. The summed E-state index contributed by atoms with van der Waals surface area (Å²) >= 11 is 0. The summed E-state index contributed by atoms with van der Waals surface area (Å²) < 4.78 is 16.1. The number of rotatable bonds is 3. The van der Waals surface area contributed by atoms with E-state index in [1.54, 1.807) is 19.1 Å². The first-order chi connectivity index (χ1) is 7.00. The first kappa shape index (κ1) is 10.6. The van der Waals surface area contributed by atoms with E-state index in [0.29, 0.717) is 0 Å². The van der Waals surface area contributed by atoms with Crippen LogP contribution in [0.3, 0.4) is 0 Å². The van der Waals surface area contributed by atoms with Crippen LogP contribution in [0.4, 0.5) is 0 Å². The molecule has 1 N–H and O–H groups in total. The molecule has 1 saturated heterocycles. The van der Waals surface area contributed by atoms with Crippen molar-refractivity contribution in [2.45, 2.75) is 24.4 Å². The molecule has 3 atom stereocenters. The number of fused-ring (bicyclic) bond motifs is 2. The van der Waals surface area contributed by atoms with Gasteiger partial charge in [0.1, 0.15) is 17.6 Å². The van der Waals surface area contributed by atoms with Crippen molar-refractivity contribution < 1.29 is 24.1 Å². The van der Waals surface area contributed by atoms with Crippen LogP contribution in [-0.2, 0) is 19.0 Å². The van der Waals surface area contributed by atoms with Gasteiger partial charge in [-0.15, -0.1) is 0 Å². The second-order valence-corrected chi connectivity index (χ2v) is 3.98. The van der Waals surface area contributed by atoms with E-state index in [1.807, 2.05) is 0 Å². The smallest absolute Gasteiger partial charge is 0.315 e. The van der Waals surface area contributed by atoms with Crippen molar-refractivity contribution in [3.05, 3.63) is 12.2 Å². The second kappa shape index (κ2) is 3.04. The molecule has 2 bridgehead atoms. The Labute approximate surface area is 87.6 Å². The molecule has 84 valence electrons. The quantitative estimate of drug-likeness (QED) is 0.544. The average molecular weight is 214 g/mol. The van der Waals surface area contributed by atoms with E-state index in [2.05, 4.69) is 0 Å². The average Bonchev–Trinajstić information content (AvgIpc) is 2.68. The third-order valence-electron chi connectivity index (χ3n) is 3.24. The first-order valence-electron chi connectivity index (χ1n) is 4.70. The third kappa shape index (κ3) is 1.11. The Kier molecular flexibility index (Phi) is 2.15. The molecular weight excluding hydrogens is 200 g/mol. The van der Waals surface area contributed by atoms with Crippen molar-refractivity contribution >= 4 is 5.97 Å². The molecule has 2 rings (SSSR count). The number of hydrogen-bond acceptors (Lipinski definition) is 4. The van der Waals surface area contributed by atoms with E-state index in [9.17, 15) is 9.90 Å². The highest BCUT2D eigenvalue weighted by molar-refractivity contribution is 5.75. The Balaban J connectivity index is 2.48. The number of carboxylic acid groups (broad SMARTS) is 1. The van der Waals surface area contributed by atoms with Gasteiger partial charge < -0.3 is 19.3 Å². The molecule has 0 aromatic heterocycles. The maximum Gasteiger partial charge on any atom is 0.315 e. The van der Waals surface area contributed by atoms with Crippen LogP contribution in [0.15, 0.2) is 12.2 Å². The molecule has 0 aromatic carbocycles. The fraction of sp³-hybridized carbons (Fsp3) is 0.700. The molecule has 5 nitrogen and oxygen atoms in total. The molecule has 0 amide bonds. The molecular formula is C10H14O5. The van der Waals surface area contributed by atoms with E-state index < -0.39 is 29.4 Å². The van der Waals surface area contributed by atoms with Crippen LogP contribution in [0.25, 0.3) is 0 Å². The summed E-state index contributed by atoms with van der Waals surface area (Å²) in [5.41, 5.74) is -0.845. The zero-order valence-electron chi connectivity index (χ0n) is 8.89. The minimum absolute atomic E-state index is 0.460. The van der Waals surface area contributed by atoms with E-state index in [4.69, 9.17) is 14.2 Å². The molecule has 0 spiro atoms. The predicted octanol–water partition coefficient (Wildman–Crippen LogP) is 0.404. The van der Waals surface area contributed by atoms with Gasteiger partial charge in [0.05, 0.1) is 0 Å². The van der Waals surface area contributed by atoms with Crippen LogP contribution >= 0.6 is 0 Å². The van der Waals surface area contributed by atoms with Crippen LogP contribution in [-0.4, -0.2) is 42.8 Å². The van der Waals surface area contributed by atoms with Crippen molar-refractivity contribution in [3.8, 4) is 0 Å². The van der Waals surface area contributed by atoms with Gasteiger partial charge in [-0.05, 0) is 6.92 Å². The molecule has 0 aromatic rings. The molecule has 2 aliphatic heterocycles. The third-order valence-corrected chi connectivity index (χ3v) is 3.24. The standard InChI is InChI=1S/C10H14O5/c1-9-5-4-6(15-9)10(13-2,14-3)7(9)8(11)12/h4-7H,1-3H3,(H,11,12)/t6-,7+,9-/m1/s1. The lowest BCUT2D eigenvalue weighted by Gasteiger charge is -2.36. The lowest BCUT2D eigenvalue weighted by atomic mass is 9.79. The summed E-state index contributed by atoms with van der Waals surface area (Å²) in [5.74, 6) is -3.04. The molecule has 15 heavy (non-hydrogen) atoms. The number of aliphatic carboxylic acids is 1. The normalized spacial score (nSPS) is 41.0. The summed E-state index contributed by atoms with van der Waals surface area (Å²) in [5, 5.41) is 9.22. The summed E-state index contributed by atoms with van der Waals surface area (Å²) in [4.78, 5) is 11.3. The van der Waals surface area contributed by atoms with Crippen molar-refractivity contribution in [1.82, 2.24) is 0 Å². The van der Waals surface area contributed by atoms with Crippen molar-refractivity contribution in [2.24, 2.45) is 5.92 Å². The first-order valence-corrected chi connectivity index (χ1v) is 4.70. The number of carboxylic acids is 1. The minimum atomic E-state index is -1.21. The van der Waals surface area contributed by atoms with Gasteiger partial charge in [0.15, 0.2) is 0 Å². The van der Waals surface area contributed by atoms with Crippen LogP contribution in [0.5, 0.6) is 0 Å². The fourth-order valence-electron chi connectivity index (χ4n) is 2.54. The van der Waals surface area contributed by atoms with E-state index >= 15 is 0 Å². The number of methoxy groups -OCH3 is 2. The van der Waals surface area contributed by atoms with Gasteiger partial charge >= 0.3 is 5.97 Å². The lowest BCUT2D eigenvalue weighted by molar-refractivity contribution is -0.243.